The summed E-state index contributed by atoms with van der Waals surface area (Å²) < 4.78 is 39.6. The minimum atomic E-state index is -3.63. The summed E-state index contributed by atoms with van der Waals surface area (Å²) in [7, 11) is -2.10. The number of carbonyl (C=O) groups excluding carboxylic acids is 2. The van der Waals surface area contributed by atoms with E-state index in [1.807, 2.05) is 0 Å². The van der Waals surface area contributed by atoms with Crippen LogP contribution < -0.4 is 5.32 Å². The predicted octanol–water partition coefficient (Wildman–Crippen LogP) is 1.72. The lowest BCUT2D eigenvalue weighted by atomic mass is 9.96. The van der Waals surface area contributed by atoms with Crippen molar-refractivity contribution in [3.63, 3.8) is 0 Å². The van der Waals surface area contributed by atoms with Gasteiger partial charge < -0.3 is 10.2 Å². The molecule has 1 aromatic heterocycles. The van der Waals surface area contributed by atoms with Crippen molar-refractivity contribution in [2.45, 2.75) is 17.7 Å². The molecule has 10 heteroatoms. The zero-order valence-corrected chi connectivity index (χ0v) is 17.3. The number of hydrogen-bond donors (Lipinski definition) is 1. The Morgan fingerprint density at radius 3 is 2.47 bits per heavy atom. The number of aromatic nitrogens is 1. The summed E-state index contributed by atoms with van der Waals surface area (Å²) in [6, 6.07) is 8.40. The smallest absolute Gasteiger partial charge is 0.244 e. The second-order valence-electron chi connectivity index (χ2n) is 7.12. The van der Waals surface area contributed by atoms with E-state index in [2.05, 4.69) is 10.3 Å². The number of likely N-dealkylation sites (N-methyl/N-ethyl adjacent to an activating group) is 1. The Kier molecular flexibility index (Phi) is 6.78. The van der Waals surface area contributed by atoms with Gasteiger partial charge in [0.25, 0.3) is 0 Å². The Hall–Kier alpha value is -2.85. The molecular formula is C20H23FN4O4S. The molecule has 0 unspecified atom stereocenters. The molecule has 3 rings (SSSR count). The number of pyridine rings is 1. The molecule has 1 N–H and O–H groups in total. The van der Waals surface area contributed by atoms with E-state index < -0.39 is 21.7 Å². The van der Waals surface area contributed by atoms with Crippen LogP contribution in [0.2, 0.25) is 0 Å². The molecule has 1 aliphatic heterocycles. The zero-order chi connectivity index (χ0) is 21.7. The van der Waals surface area contributed by atoms with E-state index in [1.165, 1.54) is 59.0 Å². The van der Waals surface area contributed by atoms with E-state index >= 15 is 0 Å². The minimum Gasteiger partial charge on any atom is -0.336 e. The summed E-state index contributed by atoms with van der Waals surface area (Å²) in [4.78, 5) is 30.1. The van der Waals surface area contributed by atoms with Gasteiger partial charge in [-0.3, -0.25) is 14.6 Å². The summed E-state index contributed by atoms with van der Waals surface area (Å²) in [6.45, 7) is 0.302. The molecule has 1 aliphatic rings. The molecule has 0 saturated carbocycles. The molecule has 0 bridgehead atoms. The van der Waals surface area contributed by atoms with Gasteiger partial charge in [-0.1, -0.05) is 0 Å². The van der Waals surface area contributed by atoms with Gasteiger partial charge >= 0.3 is 0 Å². The molecule has 0 spiro atoms. The maximum absolute atomic E-state index is 12.9. The van der Waals surface area contributed by atoms with Gasteiger partial charge in [0, 0.05) is 44.1 Å². The van der Waals surface area contributed by atoms with Crippen LogP contribution in [0, 0.1) is 11.7 Å². The molecule has 8 nitrogen and oxygen atoms in total. The van der Waals surface area contributed by atoms with Crippen molar-refractivity contribution in [1.29, 1.82) is 0 Å². The fourth-order valence-corrected chi connectivity index (χ4v) is 4.76. The Labute approximate surface area is 174 Å². The molecular weight excluding hydrogens is 411 g/mol. The number of sulfonamides is 1. The fourth-order valence-electron chi connectivity index (χ4n) is 3.33. The first-order valence-corrected chi connectivity index (χ1v) is 10.9. The molecule has 30 heavy (non-hydrogen) atoms. The first-order chi connectivity index (χ1) is 14.3. The first-order valence-electron chi connectivity index (χ1n) is 9.48. The molecule has 0 radical (unpaired) electrons. The van der Waals surface area contributed by atoms with Crippen molar-refractivity contribution in [2.24, 2.45) is 5.92 Å². The molecule has 2 amide bonds. The van der Waals surface area contributed by atoms with Gasteiger partial charge in [0.15, 0.2) is 0 Å². The van der Waals surface area contributed by atoms with Crippen LogP contribution in [0.5, 0.6) is 0 Å². The van der Waals surface area contributed by atoms with Crippen molar-refractivity contribution in [2.75, 3.05) is 32.0 Å². The highest BCUT2D eigenvalue weighted by atomic mass is 32.2. The standard InChI is InChI=1S/C20H23FN4O4S/c1-24(14-19(26)23-17-6-4-16(21)5-7-17)20(27)15-8-11-25(12-9-15)30(28,29)18-3-2-10-22-13-18/h2-7,10,13,15H,8-9,11-12,14H2,1H3,(H,23,26). The minimum absolute atomic E-state index is 0.129. The normalized spacial score (nSPS) is 15.5. The second-order valence-corrected chi connectivity index (χ2v) is 9.05. The van der Waals surface area contributed by atoms with E-state index in [9.17, 15) is 22.4 Å². The van der Waals surface area contributed by atoms with Crippen molar-refractivity contribution in [3.05, 3.63) is 54.6 Å². The monoisotopic (exact) mass is 434 g/mol. The Bertz CT molecular complexity index is 991. The molecule has 1 aromatic carbocycles. The summed E-state index contributed by atoms with van der Waals surface area (Å²) in [5.74, 6) is -1.36. The van der Waals surface area contributed by atoms with Crippen LogP contribution in [0.25, 0.3) is 0 Å². The summed E-state index contributed by atoms with van der Waals surface area (Å²) in [6.07, 6.45) is 3.57. The van der Waals surface area contributed by atoms with Gasteiger partial charge in [0.2, 0.25) is 21.8 Å². The van der Waals surface area contributed by atoms with Crippen LogP contribution in [0.15, 0.2) is 53.7 Å². The maximum atomic E-state index is 12.9. The number of carbonyl (C=O) groups is 2. The number of nitrogens with zero attached hydrogens (tertiary/aromatic N) is 3. The van der Waals surface area contributed by atoms with Gasteiger partial charge in [-0.2, -0.15) is 4.31 Å². The average Bonchev–Trinajstić information content (AvgIpc) is 2.75. The topological polar surface area (TPSA) is 99.7 Å². The number of rotatable bonds is 6. The van der Waals surface area contributed by atoms with Crippen LogP contribution in [0.4, 0.5) is 10.1 Å². The van der Waals surface area contributed by atoms with Crippen molar-refractivity contribution in [3.8, 4) is 0 Å². The second kappa shape index (κ2) is 9.31. The first kappa shape index (κ1) is 21.8. The third-order valence-electron chi connectivity index (χ3n) is 4.96. The number of nitrogens with one attached hydrogen (secondary N) is 1. The van der Waals surface area contributed by atoms with Gasteiger partial charge in [-0.05, 0) is 49.2 Å². The van der Waals surface area contributed by atoms with Crippen LogP contribution in [-0.2, 0) is 19.6 Å². The highest BCUT2D eigenvalue weighted by molar-refractivity contribution is 7.89. The lowest BCUT2D eigenvalue weighted by molar-refractivity contribution is -0.138. The van der Waals surface area contributed by atoms with Crippen LogP contribution in [-0.4, -0.2) is 61.1 Å². The van der Waals surface area contributed by atoms with E-state index in [0.29, 0.717) is 18.5 Å². The third-order valence-corrected chi connectivity index (χ3v) is 6.84. The summed E-state index contributed by atoms with van der Waals surface area (Å²) in [5.41, 5.74) is 0.441. The average molecular weight is 434 g/mol. The molecule has 1 fully saturated rings. The Balaban J connectivity index is 1.52. The zero-order valence-electron chi connectivity index (χ0n) is 16.5. The maximum Gasteiger partial charge on any atom is 0.244 e. The molecule has 0 atom stereocenters. The number of anilines is 1. The van der Waals surface area contributed by atoms with E-state index in [-0.39, 0.29) is 36.4 Å². The third kappa shape index (κ3) is 5.19. The van der Waals surface area contributed by atoms with Gasteiger partial charge in [0.1, 0.15) is 10.7 Å². The van der Waals surface area contributed by atoms with Crippen LogP contribution in [0.1, 0.15) is 12.8 Å². The number of amides is 2. The summed E-state index contributed by atoms with van der Waals surface area (Å²) >= 11 is 0. The predicted molar refractivity (Wildman–Crippen MR) is 108 cm³/mol. The quantitative estimate of drug-likeness (QED) is 0.746. The fraction of sp³-hybridized carbons (Fsp3) is 0.350. The van der Waals surface area contributed by atoms with Crippen LogP contribution >= 0.6 is 0 Å². The molecule has 1 saturated heterocycles. The molecule has 0 aliphatic carbocycles. The lowest BCUT2D eigenvalue weighted by Gasteiger charge is -2.32. The highest BCUT2D eigenvalue weighted by Crippen LogP contribution is 2.24. The van der Waals surface area contributed by atoms with Crippen molar-refractivity contribution < 1.29 is 22.4 Å². The van der Waals surface area contributed by atoms with Gasteiger partial charge in [-0.15, -0.1) is 0 Å². The SMILES string of the molecule is CN(CC(=O)Nc1ccc(F)cc1)C(=O)C1CCN(S(=O)(=O)c2cccnc2)CC1. The van der Waals surface area contributed by atoms with Gasteiger partial charge in [-0.25, -0.2) is 12.8 Å². The van der Waals surface area contributed by atoms with Crippen molar-refractivity contribution in [1.82, 2.24) is 14.2 Å². The number of piperidine rings is 1. The van der Waals surface area contributed by atoms with E-state index in [4.69, 9.17) is 0 Å². The molecule has 2 aromatic rings. The van der Waals surface area contributed by atoms with Crippen molar-refractivity contribution >= 4 is 27.5 Å². The highest BCUT2D eigenvalue weighted by Gasteiger charge is 2.33. The number of halogens is 1. The number of benzene rings is 1. The van der Waals surface area contributed by atoms with Crippen LogP contribution in [0.3, 0.4) is 0 Å². The number of hydrogen-bond acceptors (Lipinski definition) is 5. The van der Waals surface area contributed by atoms with E-state index in [0.717, 1.165) is 0 Å². The van der Waals surface area contributed by atoms with E-state index in [1.54, 1.807) is 6.07 Å². The molecule has 2 heterocycles. The van der Waals surface area contributed by atoms with Gasteiger partial charge in [0.05, 0.1) is 6.54 Å². The Morgan fingerprint density at radius 1 is 1.20 bits per heavy atom. The summed E-state index contributed by atoms with van der Waals surface area (Å²) in [5, 5.41) is 2.61. The largest absolute Gasteiger partial charge is 0.336 e. The Morgan fingerprint density at radius 2 is 1.87 bits per heavy atom. The molecule has 160 valence electrons. The lowest BCUT2D eigenvalue weighted by Crippen LogP contribution is -2.45.